The summed E-state index contributed by atoms with van der Waals surface area (Å²) in [5.74, 6) is -6.47. The summed E-state index contributed by atoms with van der Waals surface area (Å²) in [6, 6.07) is 0. The highest BCUT2D eigenvalue weighted by Crippen LogP contribution is 2.31. The first kappa shape index (κ1) is 10.2. The first-order valence-corrected chi connectivity index (χ1v) is 2.17. The molecule has 0 unspecified atom stereocenters. The van der Waals surface area contributed by atoms with E-state index in [0.29, 0.717) is 0 Å². The van der Waals surface area contributed by atoms with Crippen LogP contribution in [0, 0.1) is 0 Å². The quantitative estimate of drug-likeness (QED) is 0.547. The minimum Gasteiger partial charge on any atom is -0.202 e. The van der Waals surface area contributed by atoms with Crippen molar-refractivity contribution in [2.45, 2.75) is 12.6 Å². The van der Waals surface area contributed by atoms with Crippen molar-refractivity contribution >= 4 is 0 Å². The molecule has 0 radical (unpaired) electrons. The van der Waals surface area contributed by atoms with Crippen LogP contribution in [-0.2, 0) is 0 Å². The van der Waals surface area contributed by atoms with Gasteiger partial charge in [-0.25, -0.2) is 13.2 Å². The van der Waals surface area contributed by atoms with Gasteiger partial charge in [-0.15, -0.1) is 0 Å². The van der Waals surface area contributed by atoms with Gasteiger partial charge < -0.3 is 0 Å². The van der Waals surface area contributed by atoms with Crippen LogP contribution in [0.2, 0.25) is 0 Å². The molecule has 0 aromatic carbocycles. The van der Waals surface area contributed by atoms with Crippen LogP contribution < -0.4 is 0 Å². The first-order valence-electron chi connectivity index (χ1n) is 2.17. The maximum absolute atomic E-state index is 11.5. The van der Waals surface area contributed by atoms with Crippen molar-refractivity contribution in [2.24, 2.45) is 0 Å². The number of alkyl halides is 5. The molecule has 0 rings (SSSR count). The van der Waals surface area contributed by atoms with Crippen molar-refractivity contribution in [3.63, 3.8) is 0 Å². The average molecular weight is 182 g/mol. The zero-order valence-electron chi connectivity index (χ0n) is 4.72. The van der Waals surface area contributed by atoms with Crippen molar-refractivity contribution < 1.29 is 30.7 Å². The fraction of sp³-hybridized carbons (Fsp3) is 0.500. The van der Waals surface area contributed by atoms with Gasteiger partial charge in [-0.2, -0.15) is 17.6 Å². The smallest absolute Gasteiger partial charge is 0.202 e. The van der Waals surface area contributed by atoms with Crippen molar-refractivity contribution in [1.29, 1.82) is 0 Å². The molecule has 0 fully saturated rings. The fourth-order valence-corrected chi connectivity index (χ4v) is 0.231. The summed E-state index contributed by atoms with van der Waals surface area (Å²) in [6.45, 7) is 0. The summed E-state index contributed by atoms with van der Waals surface area (Å²) < 4.78 is 78.1. The van der Waals surface area contributed by atoms with E-state index >= 15 is 0 Å². The summed E-state index contributed by atoms with van der Waals surface area (Å²) in [5, 5.41) is 0. The number of allylic oxidation sites excluding steroid dienone is 2. The van der Waals surface area contributed by atoms with Crippen molar-refractivity contribution in [3.8, 4) is 0 Å². The largest absolute Gasteiger partial charge is 0.445 e. The first-order chi connectivity index (χ1) is 4.76. The third kappa shape index (κ3) is 2.77. The van der Waals surface area contributed by atoms with Crippen molar-refractivity contribution in [3.05, 3.63) is 11.7 Å². The van der Waals surface area contributed by atoms with Crippen LogP contribution in [0.3, 0.4) is 0 Å². The SMILES string of the molecule is F/C(=C(\F)C(F)(F)F)C(F)F. The molecule has 0 saturated heterocycles. The Morgan fingerprint density at radius 1 is 1.00 bits per heavy atom. The maximum Gasteiger partial charge on any atom is 0.445 e. The Labute approximate surface area is 56.3 Å². The van der Waals surface area contributed by atoms with Gasteiger partial charge in [0, 0.05) is 0 Å². The molecule has 0 atom stereocenters. The van der Waals surface area contributed by atoms with Gasteiger partial charge in [0.2, 0.25) is 11.7 Å². The number of hydrogen-bond donors (Lipinski definition) is 0. The summed E-state index contributed by atoms with van der Waals surface area (Å²) in [5.41, 5.74) is 0. The Kier molecular flexibility index (Phi) is 2.89. The maximum atomic E-state index is 11.5. The molecular weight excluding hydrogens is 181 g/mol. The Bertz CT molecular complexity index is 164. The van der Waals surface area contributed by atoms with E-state index < -0.39 is 24.3 Å². The van der Waals surface area contributed by atoms with Crippen LogP contribution in [0.25, 0.3) is 0 Å². The summed E-state index contributed by atoms with van der Waals surface area (Å²) in [4.78, 5) is 0. The average Bonchev–Trinajstić information content (AvgIpc) is 1.82. The lowest BCUT2D eigenvalue weighted by Gasteiger charge is -2.03. The van der Waals surface area contributed by atoms with Crippen molar-refractivity contribution in [2.75, 3.05) is 0 Å². The van der Waals surface area contributed by atoms with Crippen LogP contribution in [0.4, 0.5) is 30.7 Å². The van der Waals surface area contributed by atoms with Crippen LogP contribution in [0.15, 0.2) is 11.7 Å². The lowest BCUT2D eigenvalue weighted by molar-refractivity contribution is -0.113. The monoisotopic (exact) mass is 182 g/mol. The molecule has 0 bridgehead atoms. The Morgan fingerprint density at radius 3 is 1.45 bits per heavy atom. The molecule has 0 aliphatic rings. The Morgan fingerprint density at radius 2 is 1.36 bits per heavy atom. The van der Waals surface area contributed by atoms with Crippen LogP contribution in [0.5, 0.6) is 0 Å². The number of halogens is 7. The number of rotatable bonds is 1. The van der Waals surface area contributed by atoms with E-state index in [9.17, 15) is 30.7 Å². The Hall–Kier alpha value is -0.750. The van der Waals surface area contributed by atoms with Gasteiger partial charge in [-0.1, -0.05) is 0 Å². The second-order valence-electron chi connectivity index (χ2n) is 1.46. The molecule has 7 heteroatoms. The molecule has 0 saturated carbocycles. The third-order valence-corrected chi connectivity index (χ3v) is 0.650. The molecule has 0 N–H and O–H groups in total. The highest BCUT2D eigenvalue weighted by atomic mass is 19.4. The molecule has 0 aliphatic heterocycles. The molecule has 0 spiro atoms. The van der Waals surface area contributed by atoms with E-state index in [2.05, 4.69) is 0 Å². The molecular formula is C4HF7. The van der Waals surface area contributed by atoms with E-state index in [0.717, 1.165) is 0 Å². The van der Waals surface area contributed by atoms with Gasteiger partial charge in [-0.3, -0.25) is 0 Å². The highest BCUT2D eigenvalue weighted by Gasteiger charge is 2.40. The number of hydrogen-bond acceptors (Lipinski definition) is 0. The molecule has 11 heavy (non-hydrogen) atoms. The minimum absolute atomic E-state index is 3.09. The second-order valence-corrected chi connectivity index (χ2v) is 1.46. The molecule has 0 aliphatic carbocycles. The van der Waals surface area contributed by atoms with Crippen LogP contribution in [0.1, 0.15) is 0 Å². The molecule has 66 valence electrons. The van der Waals surface area contributed by atoms with Gasteiger partial charge in [0.05, 0.1) is 0 Å². The molecule has 0 amide bonds. The normalized spacial score (nSPS) is 15.3. The third-order valence-electron chi connectivity index (χ3n) is 0.650. The zero-order valence-corrected chi connectivity index (χ0v) is 4.72. The predicted molar refractivity (Wildman–Crippen MR) is 21.3 cm³/mol. The lowest BCUT2D eigenvalue weighted by atomic mass is 10.4. The van der Waals surface area contributed by atoms with Crippen LogP contribution >= 0.6 is 0 Å². The topological polar surface area (TPSA) is 0 Å². The second kappa shape index (κ2) is 3.10. The molecule has 0 heterocycles. The standard InChI is InChI=1S/C4HF7/c5-1(3(7)8)2(6)4(9,10)11/h3H/b2-1-. The molecule has 0 nitrogen and oxygen atoms in total. The van der Waals surface area contributed by atoms with Gasteiger partial charge in [0.25, 0.3) is 6.43 Å². The van der Waals surface area contributed by atoms with Crippen LogP contribution in [-0.4, -0.2) is 12.6 Å². The Balaban J connectivity index is 4.67. The lowest BCUT2D eigenvalue weighted by Crippen LogP contribution is -2.12. The minimum atomic E-state index is -5.68. The molecule has 0 aromatic heterocycles. The molecule has 0 aromatic rings. The van der Waals surface area contributed by atoms with E-state index in [1.54, 1.807) is 0 Å². The summed E-state index contributed by atoms with van der Waals surface area (Å²) in [7, 11) is 0. The van der Waals surface area contributed by atoms with E-state index in [1.807, 2.05) is 0 Å². The zero-order chi connectivity index (χ0) is 9.23. The van der Waals surface area contributed by atoms with Gasteiger partial charge in [0.1, 0.15) is 0 Å². The van der Waals surface area contributed by atoms with E-state index in [1.165, 1.54) is 0 Å². The van der Waals surface area contributed by atoms with E-state index in [-0.39, 0.29) is 0 Å². The summed E-state index contributed by atoms with van der Waals surface area (Å²) in [6.07, 6.45) is -9.75. The van der Waals surface area contributed by atoms with Crippen molar-refractivity contribution in [1.82, 2.24) is 0 Å². The summed E-state index contributed by atoms with van der Waals surface area (Å²) >= 11 is 0. The highest BCUT2D eigenvalue weighted by molar-refractivity contribution is 5.07. The predicted octanol–water partition coefficient (Wildman–Crippen LogP) is 2.96. The van der Waals surface area contributed by atoms with E-state index in [4.69, 9.17) is 0 Å². The van der Waals surface area contributed by atoms with Gasteiger partial charge >= 0.3 is 6.18 Å². The fourth-order valence-electron chi connectivity index (χ4n) is 0.231. The van der Waals surface area contributed by atoms with Gasteiger partial charge in [-0.05, 0) is 0 Å². The van der Waals surface area contributed by atoms with Gasteiger partial charge in [0.15, 0.2) is 0 Å².